The Bertz CT molecular complexity index is 1050. The number of morpholine rings is 1. The van der Waals surface area contributed by atoms with Crippen molar-refractivity contribution in [2.24, 2.45) is 13.0 Å². The lowest BCUT2D eigenvalue weighted by molar-refractivity contribution is -0.0191. The highest BCUT2D eigenvalue weighted by atomic mass is 32.2. The summed E-state index contributed by atoms with van der Waals surface area (Å²) in [7, 11) is 1.80. The SMILES string of the molecule is CC(C)CN1CCO[C@H](CSc2nc3cc4ccccc4cc3c(=O)n2C)C1. The maximum atomic E-state index is 12.9. The third kappa shape index (κ3) is 4.09. The number of rotatable bonds is 5. The second-order valence-electron chi connectivity index (χ2n) is 7.93. The minimum atomic E-state index is 0.00394. The molecule has 148 valence electrons. The first-order chi connectivity index (χ1) is 13.5. The summed E-state index contributed by atoms with van der Waals surface area (Å²) in [4.78, 5) is 20.2. The molecule has 6 heteroatoms. The second kappa shape index (κ2) is 8.23. The Hall–Kier alpha value is -1.89. The topological polar surface area (TPSA) is 47.4 Å². The molecule has 3 aromatic rings. The van der Waals surface area contributed by atoms with E-state index in [1.807, 2.05) is 30.3 Å². The molecule has 2 aromatic carbocycles. The fraction of sp³-hybridized carbons (Fsp3) is 0.455. The van der Waals surface area contributed by atoms with Crippen molar-refractivity contribution in [3.63, 3.8) is 0 Å². The van der Waals surface area contributed by atoms with Crippen molar-refractivity contribution in [3.8, 4) is 0 Å². The molecule has 1 aromatic heterocycles. The normalized spacial score (nSPS) is 18.4. The van der Waals surface area contributed by atoms with Crippen molar-refractivity contribution in [3.05, 3.63) is 46.8 Å². The predicted octanol–water partition coefficient (Wildman–Crippen LogP) is 3.54. The first kappa shape index (κ1) is 19.4. The van der Waals surface area contributed by atoms with Crippen LogP contribution in [0.5, 0.6) is 0 Å². The molecule has 0 N–H and O–H groups in total. The number of aromatic nitrogens is 2. The minimum absolute atomic E-state index is 0.00394. The predicted molar refractivity (Wildman–Crippen MR) is 116 cm³/mol. The molecule has 4 rings (SSSR count). The Kier molecular flexibility index (Phi) is 5.71. The lowest BCUT2D eigenvalue weighted by atomic mass is 10.1. The highest BCUT2D eigenvalue weighted by molar-refractivity contribution is 7.99. The number of fused-ring (bicyclic) bond motifs is 2. The lowest BCUT2D eigenvalue weighted by Crippen LogP contribution is -2.44. The van der Waals surface area contributed by atoms with Gasteiger partial charge in [-0.25, -0.2) is 4.98 Å². The molecule has 0 bridgehead atoms. The first-order valence-corrected chi connectivity index (χ1v) is 10.9. The van der Waals surface area contributed by atoms with Crippen molar-refractivity contribution in [2.45, 2.75) is 25.1 Å². The van der Waals surface area contributed by atoms with Crippen LogP contribution >= 0.6 is 11.8 Å². The average Bonchev–Trinajstić information content (AvgIpc) is 2.68. The summed E-state index contributed by atoms with van der Waals surface area (Å²) in [6.45, 7) is 8.31. The number of benzene rings is 2. The summed E-state index contributed by atoms with van der Waals surface area (Å²) in [5.41, 5.74) is 0.763. The zero-order valence-electron chi connectivity index (χ0n) is 16.7. The lowest BCUT2D eigenvalue weighted by Gasteiger charge is -2.33. The van der Waals surface area contributed by atoms with Crippen LogP contribution < -0.4 is 5.56 Å². The third-order valence-corrected chi connectivity index (χ3v) is 6.31. The molecule has 1 fully saturated rings. The molecule has 2 heterocycles. The van der Waals surface area contributed by atoms with Gasteiger partial charge in [-0.05, 0) is 28.8 Å². The molecule has 0 aliphatic carbocycles. The van der Waals surface area contributed by atoms with Crippen LogP contribution in [-0.2, 0) is 11.8 Å². The Labute approximate surface area is 169 Å². The molecule has 0 radical (unpaired) electrons. The van der Waals surface area contributed by atoms with Crippen LogP contribution in [0.2, 0.25) is 0 Å². The van der Waals surface area contributed by atoms with Gasteiger partial charge >= 0.3 is 0 Å². The van der Waals surface area contributed by atoms with Gasteiger partial charge in [0.15, 0.2) is 5.16 Å². The van der Waals surface area contributed by atoms with E-state index in [2.05, 4.69) is 24.8 Å². The van der Waals surface area contributed by atoms with Gasteiger partial charge in [0.25, 0.3) is 5.56 Å². The minimum Gasteiger partial charge on any atom is -0.375 e. The highest BCUT2D eigenvalue weighted by Crippen LogP contribution is 2.23. The van der Waals surface area contributed by atoms with Gasteiger partial charge < -0.3 is 4.74 Å². The first-order valence-electron chi connectivity index (χ1n) is 9.87. The molecular weight excluding hydrogens is 370 g/mol. The van der Waals surface area contributed by atoms with Crippen LogP contribution in [0, 0.1) is 5.92 Å². The maximum Gasteiger partial charge on any atom is 0.261 e. The third-order valence-electron chi connectivity index (χ3n) is 5.15. The average molecular weight is 398 g/mol. The van der Waals surface area contributed by atoms with Crippen molar-refractivity contribution < 1.29 is 4.74 Å². The van der Waals surface area contributed by atoms with Gasteiger partial charge in [-0.3, -0.25) is 14.3 Å². The molecule has 5 nitrogen and oxygen atoms in total. The Balaban J connectivity index is 1.56. The Morgan fingerprint density at radius 2 is 2.00 bits per heavy atom. The fourth-order valence-corrected chi connectivity index (χ4v) is 4.77. The summed E-state index contributed by atoms with van der Waals surface area (Å²) >= 11 is 1.61. The van der Waals surface area contributed by atoms with Crippen molar-refractivity contribution in [2.75, 3.05) is 32.0 Å². The number of thioether (sulfide) groups is 1. The van der Waals surface area contributed by atoms with E-state index in [9.17, 15) is 4.79 Å². The summed E-state index contributed by atoms with van der Waals surface area (Å²) in [6.07, 6.45) is 0.168. The Morgan fingerprint density at radius 1 is 1.25 bits per heavy atom. The standard InChI is InChI=1S/C22H27N3O2S/c1-15(2)12-25-8-9-27-18(13-25)14-28-22-23-20-11-17-7-5-4-6-16(17)10-19(20)21(26)24(22)3/h4-7,10-11,15,18H,8-9,12-14H2,1-3H3/t18-/m0/s1. The van der Waals surface area contributed by atoms with Crippen LogP contribution in [-0.4, -0.2) is 52.5 Å². The summed E-state index contributed by atoms with van der Waals surface area (Å²) < 4.78 is 7.61. The van der Waals surface area contributed by atoms with E-state index in [-0.39, 0.29) is 11.7 Å². The van der Waals surface area contributed by atoms with Crippen LogP contribution in [0.1, 0.15) is 13.8 Å². The zero-order valence-corrected chi connectivity index (χ0v) is 17.5. The smallest absolute Gasteiger partial charge is 0.261 e. The van der Waals surface area contributed by atoms with Crippen molar-refractivity contribution in [1.82, 2.24) is 14.5 Å². The van der Waals surface area contributed by atoms with E-state index in [0.717, 1.165) is 53.4 Å². The van der Waals surface area contributed by atoms with E-state index in [1.165, 1.54) is 0 Å². The molecule has 0 spiro atoms. The fourth-order valence-electron chi connectivity index (χ4n) is 3.80. The van der Waals surface area contributed by atoms with E-state index in [1.54, 1.807) is 23.4 Å². The van der Waals surface area contributed by atoms with Crippen LogP contribution in [0.15, 0.2) is 46.3 Å². The van der Waals surface area contributed by atoms with Gasteiger partial charge in [-0.1, -0.05) is 49.9 Å². The quantitative estimate of drug-likeness (QED) is 0.374. The maximum absolute atomic E-state index is 12.9. The molecule has 0 saturated carbocycles. The van der Waals surface area contributed by atoms with E-state index in [0.29, 0.717) is 11.3 Å². The number of nitrogens with zero attached hydrogens (tertiary/aromatic N) is 3. The van der Waals surface area contributed by atoms with Gasteiger partial charge in [-0.2, -0.15) is 0 Å². The van der Waals surface area contributed by atoms with Crippen molar-refractivity contribution >= 4 is 33.4 Å². The molecule has 1 atom stereocenters. The summed E-state index contributed by atoms with van der Waals surface area (Å²) in [5.74, 6) is 1.46. The number of hydrogen-bond donors (Lipinski definition) is 0. The second-order valence-corrected chi connectivity index (χ2v) is 8.92. The van der Waals surface area contributed by atoms with E-state index < -0.39 is 0 Å². The summed E-state index contributed by atoms with van der Waals surface area (Å²) in [6, 6.07) is 12.0. The van der Waals surface area contributed by atoms with E-state index >= 15 is 0 Å². The highest BCUT2D eigenvalue weighted by Gasteiger charge is 2.22. The molecular formula is C22H27N3O2S. The largest absolute Gasteiger partial charge is 0.375 e. The van der Waals surface area contributed by atoms with Gasteiger partial charge in [0.1, 0.15) is 0 Å². The van der Waals surface area contributed by atoms with Crippen LogP contribution in [0.25, 0.3) is 21.7 Å². The summed E-state index contributed by atoms with van der Waals surface area (Å²) in [5, 5.41) is 3.58. The molecule has 1 saturated heterocycles. The van der Waals surface area contributed by atoms with E-state index in [4.69, 9.17) is 9.72 Å². The van der Waals surface area contributed by atoms with Gasteiger partial charge in [-0.15, -0.1) is 0 Å². The number of hydrogen-bond acceptors (Lipinski definition) is 5. The molecule has 1 aliphatic heterocycles. The molecule has 0 unspecified atom stereocenters. The molecule has 1 aliphatic rings. The molecule has 28 heavy (non-hydrogen) atoms. The molecule has 0 amide bonds. The van der Waals surface area contributed by atoms with Crippen LogP contribution in [0.3, 0.4) is 0 Å². The number of ether oxygens (including phenoxy) is 1. The van der Waals surface area contributed by atoms with Gasteiger partial charge in [0, 0.05) is 32.4 Å². The Morgan fingerprint density at radius 3 is 2.75 bits per heavy atom. The van der Waals surface area contributed by atoms with Gasteiger partial charge in [0.05, 0.1) is 23.6 Å². The zero-order chi connectivity index (χ0) is 19.7. The van der Waals surface area contributed by atoms with Crippen LogP contribution in [0.4, 0.5) is 0 Å². The monoisotopic (exact) mass is 397 g/mol. The van der Waals surface area contributed by atoms with Gasteiger partial charge in [0.2, 0.25) is 0 Å². The van der Waals surface area contributed by atoms with Crippen molar-refractivity contribution in [1.29, 1.82) is 0 Å².